The van der Waals surface area contributed by atoms with Gasteiger partial charge in [0.2, 0.25) is 11.8 Å². The fourth-order valence-electron chi connectivity index (χ4n) is 4.67. The first-order valence-electron chi connectivity index (χ1n) is 13.3. The summed E-state index contributed by atoms with van der Waals surface area (Å²) in [6.45, 7) is 9.72. The summed E-state index contributed by atoms with van der Waals surface area (Å²) in [5, 5.41) is 11.6. The van der Waals surface area contributed by atoms with E-state index in [9.17, 15) is 9.59 Å². The highest BCUT2D eigenvalue weighted by atomic mass is 16.5. The zero-order valence-electron chi connectivity index (χ0n) is 24.2. The molecule has 2 amide bonds. The predicted octanol–water partition coefficient (Wildman–Crippen LogP) is 5.14. The number of carbonyl (C=O) groups is 2. The highest BCUT2D eigenvalue weighted by molar-refractivity contribution is 6.02. The van der Waals surface area contributed by atoms with Crippen molar-refractivity contribution in [3.63, 3.8) is 0 Å². The number of aryl methyl sites for hydroxylation is 1. The van der Waals surface area contributed by atoms with Gasteiger partial charge < -0.3 is 14.8 Å². The van der Waals surface area contributed by atoms with Crippen molar-refractivity contribution in [1.82, 2.24) is 20.3 Å². The largest absolute Gasteiger partial charge is 0.493 e. The lowest BCUT2D eigenvalue weighted by Gasteiger charge is -2.36. The summed E-state index contributed by atoms with van der Waals surface area (Å²) in [4.78, 5) is 30.2. The minimum atomic E-state index is -1.07. The molecule has 1 N–H and O–H groups in total. The third-order valence-corrected chi connectivity index (χ3v) is 7.39. The molecule has 9 nitrogen and oxygen atoms in total. The number of nitrogens with zero attached hydrogens (tertiary/aromatic N) is 4. The SMILES string of the molecule is CCC(C)(C)NC(=O)[C@@H](c1cccc(OC)c1OC)N(C(=O)Cn1nnc2ccccc21)c1cccc(C)c1C. The zero-order valence-corrected chi connectivity index (χ0v) is 24.2. The number of fused-ring (bicyclic) bond motifs is 1. The van der Waals surface area contributed by atoms with Gasteiger partial charge in [-0.05, 0) is 69.5 Å². The summed E-state index contributed by atoms with van der Waals surface area (Å²) in [5.41, 5.74) is 3.89. The first kappa shape index (κ1) is 28.6. The number of para-hydroxylation sites is 2. The number of nitrogens with one attached hydrogen (secondary N) is 1. The molecule has 40 heavy (non-hydrogen) atoms. The van der Waals surface area contributed by atoms with Gasteiger partial charge in [-0.15, -0.1) is 5.10 Å². The van der Waals surface area contributed by atoms with Crippen LogP contribution in [0, 0.1) is 13.8 Å². The average Bonchev–Trinajstić information content (AvgIpc) is 3.35. The van der Waals surface area contributed by atoms with E-state index < -0.39 is 11.6 Å². The van der Waals surface area contributed by atoms with E-state index in [-0.39, 0.29) is 18.4 Å². The molecule has 0 bridgehead atoms. The van der Waals surface area contributed by atoms with Crippen molar-refractivity contribution < 1.29 is 19.1 Å². The van der Waals surface area contributed by atoms with Crippen LogP contribution in [0.5, 0.6) is 11.5 Å². The molecule has 1 aromatic heterocycles. The Balaban J connectivity index is 1.94. The van der Waals surface area contributed by atoms with Crippen LogP contribution in [-0.4, -0.2) is 46.6 Å². The molecule has 0 unspecified atom stereocenters. The minimum absolute atomic E-state index is 0.124. The van der Waals surface area contributed by atoms with Crippen LogP contribution in [0.25, 0.3) is 11.0 Å². The quantitative estimate of drug-likeness (QED) is 0.297. The maximum absolute atomic E-state index is 14.4. The third kappa shape index (κ3) is 5.64. The molecule has 0 saturated heterocycles. The number of amides is 2. The van der Waals surface area contributed by atoms with E-state index in [0.717, 1.165) is 16.6 Å². The van der Waals surface area contributed by atoms with E-state index in [1.165, 1.54) is 7.11 Å². The van der Waals surface area contributed by atoms with Gasteiger partial charge in [0, 0.05) is 16.8 Å². The fourth-order valence-corrected chi connectivity index (χ4v) is 4.67. The Kier molecular flexibility index (Phi) is 8.42. The molecule has 1 heterocycles. The van der Waals surface area contributed by atoms with Crippen LogP contribution in [0.15, 0.2) is 60.7 Å². The van der Waals surface area contributed by atoms with Crippen molar-refractivity contribution in [2.75, 3.05) is 19.1 Å². The van der Waals surface area contributed by atoms with Gasteiger partial charge in [-0.2, -0.15) is 0 Å². The monoisotopic (exact) mass is 543 g/mol. The maximum Gasteiger partial charge on any atom is 0.249 e. The van der Waals surface area contributed by atoms with Crippen LogP contribution >= 0.6 is 0 Å². The van der Waals surface area contributed by atoms with Gasteiger partial charge in [-0.3, -0.25) is 14.5 Å². The molecule has 0 spiro atoms. The summed E-state index contributed by atoms with van der Waals surface area (Å²) < 4.78 is 12.9. The van der Waals surface area contributed by atoms with E-state index in [1.54, 1.807) is 34.9 Å². The van der Waals surface area contributed by atoms with Crippen LogP contribution in [0.4, 0.5) is 5.69 Å². The second kappa shape index (κ2) is 11.8. The molecule has 1 atom stereocenters. The van der Waals surface area contributed by atoms with Crippen LogP contribution in [0.3, 0.4) is 0 Å². The van der Waals surface area contributed by atoms with Gasteiger partial charge in [-0.25, -0.2) is 4.68 Å². The van der Waals surface area contributed by atoms with E-state index in [4.69, 9.17) is 9.47 Å². The molecule has 0 aliphatic carbocycles. The van der Waals surface area contributed by atoms with Crippen LogP contribution in [-0.2, 0) is 16.1 Å². The Labute approximate surface area is 235 Å². The number of methoxy groups -OCH3 is 2. The summed E-state index contributed by atoms with van der Waals surface area (Å²) in [7, 11) is 3.07. The number of aromatic nitrogens is 3. The average molecular weight is 544 g/mol. The molecule has 0 radical (unpaired) electrons. The van der Waals surface area contributed by atoms with Crippen molar-refractivity contribution in [3.05, 3.63) is 77.4 Å². The summed E-state index contributed by atoms with van der Waals surface area (Å²) in [6, 6.07) is 17.5. The first-order valence-corrected chi connectivity index (χ1v) is 13.3. The number of carbonyl (C=O) groups excluding carboxylic acids is 2. The molecule has 0 saturated carbocycles. The van der Waals surface area contributed by atoms with Crippen molar-refractivity contribution in [2.24, 2.45) is 0 Å². The first-order chi connectivity index (χ1) is 19.1. The number of ether oxygens (including phenoxy) is 2. The predicted molar refractivity (Wildman–Crippen MR) is 156 cm³/mol. The topological polar surface area (TPSA) is 98.6 Å². The molecular weight excluding hydrogens is 506 g/mol. The van der Waals surface area contributed by atoms with Crippen molar-refractivity contribution >= 4 is 28.5 Å². The Morgan fingerprint density at radius 1 is 1.00 bits per heavy atom. The Morgan fingerprint density at radius 2 is 1.73 bits per heavy atom. The van der Waals surface area contributed by atoms with Crippen molar-refractivity contribution in [3.8, 4) is 11.5 Å². The Bertz CT molecular complexity index is 1530. The van der Waals surface area contributed by atoms with E-state index >= 15 is 0 Å². The van der Waals surface area contributed by atoms with Crippen molar-refractivity contribution in [2.45, 2.75) is 59.2 Å². The zero-order chi connectivity index (χ0) is 29.0. The van der Waals surface area contributed by atoms with Gasteiger partial charge in [-0.1, -0.05) is 48.5 Å². The smallest absolute Gasteiger partial charge is 0.249 e. The lowest BCUT2D eigenvalue weighted by molar-refractivity contribution is -0.128. The summed E-state index contributed by atoms with van der Waals surface area (Å²) in [6.07, 6.45) is 0.697. The highest BCUT2D eigenvalue weighted by Crippen LogP contribution is 2.40. The number of rotatable bonds is 10. The van der Waals surface area contributed by atoms with Crippen LogP contribution < -0.4 is 19.7 Å². The third-order valence-electron chi connectivity index (χ3n) is 7.39. The van der Waals surface area contributed by atoms with Crippen LogP contribution in [0.2, 0.25) is 0 Å². The molecule has 210 valence electrons. The lowest BCUT2D eigenvalue weighted by atomic mass is 9.96. The number of anilines is 1. The molecule has 3 aromatic carbocycles. The molecule has 0 aliphatic rings. The number of hydrogen-bond donors (Lipinski definition) is 1. The molecule has 9 heteroatoms. The van der Waals surface area contributed by atoms with E-state index in [0.29, 0.717) is 34.7 Å². The van der Waals surface area contributed by atoms with Crippen LogP contribution in [0.1, 0.15) is 49.9 Å². The van der Waals surface area contributed by atoms with E-state index in [1.807, 2.05) is 77.1 Å². The van der Waals surface area contributed by atoms with Gasteiger partial charge in [0.1, 0.15) is 18.1 Å². The molecule has 4 rings (SSSR count). The number of benzene rings is 3. The Morgan fingerprint density at radius 3 is 2.42 bits per heavy atom. The molecule has 0 fully saturated rings. The molecule has 4 aromatic rings. The second-order valence-electron chi connectivity index (χ2n) is 10.4. The fraction of sp³-hybridized carbons (Fsp3) is 0.355. The van der Waals surface area contributed by atoms with Gasteiger partial charge in [0.15, 0.2) is 11.5 Å². The molecular formula is C31H37N5O4. The van der Waals surface area contributed by atoms with Crippen molar-refractivity contribution in [1.29, 1.82) is 0 Å². The highest BCUT2D eigenvalue weighted by Gasteiger charge is 2.38. The summed E-state index contributed by atoms with van der Waals surface area (Å²) in [5.74, 6) is 0.178. The number of hydrogen-bond acceptors (Lipinski definition) is 6. The van der Waals surface area contributed by atoms with E-state index in [2.05, 4.69) is 15.6 Å². The van der Waals surface area contributed by atoms with Gasteiger partial charge in [0.25, 0.3) is 0 Å². The standard InChI is InChI=1S/C31H37N5O4/c1-8-31(4,5)32-30(38)28(22-14-12-18-26(39-6)29(22)40-7)36(24-17-11-13-20(2)21(24)3)27(37)19-35-25-16-10-9-15-23(25)33-34-35/h9-18,28H,8,19H2,1-7H3,(H,32,38)/t28-/m1/s1. The minimum Gasteiger partial charge on any atom is -0.493 e. The maximum atomic E-state index is 14.4. The second-order valence-corrected chi connectivity index (χ2v) is 10.4. The van der Waals surface area contributed by atoms with Gasteiger partial charge in [0.05, 0.1) is 19.7 Å². The lowest BCUT2D eigenvalue weighted by Crippen LogP contribution is -2.51. The summed E-state index contributed by atoms with van der Waals surface area (Å²) >= 11 is 0. The van der Waals surface area contributed by atoms with Gasteiger partial charge >= 0.3 is 0 Å². The molecule has 0 aliphatic heterocycles. The normalized spacial score (nSPS) is 12.2. The Hall–Kier alpha value is -4.40.